The van der Waals surface area contributed by atoms with Gasteiger partial charge in [0.05, 0.1) is 10.6 Å². The summed E-state index contributed by atoms with van der Waals surface area (Å²) in [6.07, 6.45) is 0. The Labute approximate surface area is 128 Å². The summed E-state index contributed by atoms with van der Waals surface area (Å²) in [5, 5.41) is 9.69. The van der Waals surface area contributed by atoms with Gasteiger partial charge in [0.25, 0.3) is 0 Å². The maximum absolute atomic E-state index is 10.8. The number of para-hydroxylation sites is 1. The van der Waals surface area contributed by atoms with Gasteiger partial charge in [0.15, 0.2) is 0 Å². The molecule has 0 bridgehead atoms. The minimum atomic E-state index is -3.66. The number of nitrogens with two attached hydrogens (primary N) is 4. The lowest BCUT2D eigenvalue weighted by atomic mass is 10.3. The first kappa shape index (κ1) is 17.9. The number of rotatable bonds is 2. The van der Waals surface area contributed by atoms with E-state index in [-0.39, 0.29) is 15.5 Å². The molecule has 0 spiro atoms. The minimum Gasteiger partial charge on any atom is -0.399 e. The van der Waals surface area contributed by atoms with Crippen molar-refractivity contribution in [1.82, 2.24) is 0 Å². The first-order valence-corrected chi connectivity index (χ1v) is 8.87. The second-order valence-electron chi connectivity index (χ2n) is 4.20. The Hall–Kier alpha value is -2.14. The van der Waals surface area contributed by atoms with Gasteiger partial charge in [-0.1, -0.05) is 12.1 Å². The Kier molecular flexibility index (Phi) is 5.49. The average Bonchev–Trinajstić information content (AvgIpc) is 2.38. The van der Waals surface area contributed by atoms with Crippen molar-refractivity contribution in [3.05, 3.63) is 48.5 Å². The van der Waals surface area contributed by atoms with Gasteiger partial charge < -0.3 is 11.5 Å². The number of sulfonamides is 2. The van der Waals surface area contributed by atoms with E-state index in [1.54, 1.807) is 12.1 Å². The van der Waals surface area contributed by atoms with E-state index in [1.807, 2.05) is 0 Å². The second-order valence-corrected chi connectivity index (χ2v) is 7.29. The Morgan fingerprint density at radius 2 is 1.18 bits per heavy atom. The van der Waals surface area contributed by atoms with Crippen LogP contribution in [-0.2, 0) is 20.0 Å². The van der Waals surface area contributed by atoms with Crippen LogP contribution in [0, 0.1) is 0 Å². The molecule has 0 aromatic heterocycles. The lowest BCUT2D eigenvalue weighted by Gasteiger charge is -2.00. The van der Waals surface area contributed by atoms with Gasteiger partial charge in [0, 0.05) is 5.69 Å². The maximum Gasteiger partial charge on any atom is 0.240 e. The quantitative estimate of drug-likeness (QED) is 0.550. The molecule has 0 aliphatic heterocycles. The highest BCUT2D eigenvalue weighted by Crippen LogP contribution is 2.14. The molecule has 2 aromatic rings. The van der Waals surface area contributed by atoms with Crippen LogP contribution in [0.3, 0.4) is 0 Å². The number of hydrogen-bond donors (Lipinski definition) is 4. The smallest absolute Gasteiger partial charge is 0.240 e. The van der Waals surface area contributed by atoms with Crippen LogP contribution >= 0.6 is 0 Å². The molecule has 8 N–H and O–H groups in total. The predicted molar refractivity (Wildman–Crippen MR) is 84.5 cm³/mol. The molecule has 0 radical (unpaired) electrons. The summed E-state index contributed by atoms with van der Waals surface area (Å²) in [4.78, 5) is 0.0479. The van der Waals surface area contributed by atoms with Crippen LogP contribution in [0.25, 0.3) is 0 Å². The predicted octanol–water partition coefficient (Wildman–Crippen LogP) is -0.168. The van der Waals surface area contributed by atoms with Crippen molar-refractivity contribution in [2.75, 3.05) is 11.5 Å². The Bertz CT molecular complexity index is 847. The van der Waals surface area contributed by atoms with Crippen molar-refractivity contribution in [2.24, 2.45) is 10.3 Å². The van der Waals surface area contributed by atoms with Crippen LogP contribution in [0.4, 0.5) is 11.4 Å². The van der Waals surface area contributed by atoms with Gasteiger partial charge in [-0.3, -0.25) is 0 Å². The third-order valence-corrected chi connectivity index (χ3v) is 4.35. The largest absolute Gasteiger partial charge is 0.399 e. The molecule has 0 saturated carbocycles. The summed E-state index contributed by atoms with van der Waals surface area (Å²) in [6.45, 7) is 0. The van der Waals surface area contributed by atoms with Gasteiger partial charge >= 0.3 is 0 Å². The summed E-state index contributed by atoms with van der Waals surface area (Å²) in [6, 6.07) is 11.8. The number of primary sulfonamides is 2. The molecular weight excluding hydrogens is 328 g/mol. The van der Waals surface area contributed by atoms with E-state index in [0.29, 0.717) is 5.69 Å². The first-order chi connectivity index (χ1) is 10.0. The van der Waals surface area contributed by atoms with Crippen molar-refractivity contribution in [2.45, 2.75) is 9.79 Å². The molecule has 0 fully saturated rings. The molecule has 0 aliphatic carbocycles. The van der Waals surface area contributed by atoms with Crippen molar-refractivity contribution >= 4 is 31.4 Å². The molecule has 0 amide bonds. The number of benzene rings is 2. The van der Waals surface area contributed by atoms with Crippen molar-refractivity contribution < 1.29 is 16.8 Å². The van der Waals surface area contributed by atoms with Gasteiger partial charge in [0.1, 0.15) is 4.90 Å². The fourth-order valence-electron chi connectivity index (χ4n) is 1.40. The molecular formula is C12H16N4O4S2. The second kappa shape index (κ2) is 6.75. The van der Waals surface area contributed by atoms with Crippen LogP contribution < -0.4 is 21.7 Å². The zero-order valence-electron chi connectivity index (χ0n) is 11.4. The lowest BCUT2D eigenvalue weighted by molar-refractivity contribution is 0.596. The zero-order chi connectivity index (χ0) is 17.0. The van der Waals surface area contributed by atoms with Crippen molar-refractivity contribution in [3.8, 4) is 0 Å². The highest BCUT2D eigenvalue weighted by Gasteiger charge is 2.09. The third kappa shape index (κ3) is 5.33. The van der Waals surface area contributed by atoms with E-state index < -0.39 is 20.0 Å². The molecule has 10 heteroatoms. The van der Waals surface area contributed by atoms with E-state index in [2.05, 4.69) is 0 Å². The number of anilines is 2. The third-order valence-electron chi connectivity index (χ3n) is 2.43. The van der Waals surface area contributed by atoms with Gasteiger partial charge in [0.2, 0.25) is 20.0 Å². The molecule has 0 heterocycles. The number of hydrogen-bond acceptors (Lipinski definition) is 6. The summed E-state index contributed by atoms with van der Waals surface area (Å²) >= 11 is 0. The van der Waals surface area contributed by atoms with Crippen molar-refractivity contribution in [1.29, 1.82) is 0 Å². The van der Waals surface area contributed by atoms with Gasteiger partial charge in [-0.05, 0) is 36.4 Å². The van der Waals surface area contributed by atoms with E-state index in [4.69, 9.17) is 21.7 Å². The molecule has 0 saturated heterocycles. The molecule has 8 nitrogen and oxygen atoms in total. The lowest BCUT2D eigenvalue weighted by Crippen LogP contribution is -2.13. The standard InChI is InChI=1S/2C6H8N2O2S/c7-5-1-3-6(4-2-5)11(8,9)10;7-5-3-1-2-4-6(5)11(8,9)10/h2*1-4H,7H2,(H2,8,9,10). The van der Waals surface area contributed by atoms with E-state index in [0.717, 1.165) is 0 Å². The topological polar surface area (TPSA) is 172 Å². The van der Waals surface area contributed by atoms with E-state index in [9.17, 15) is 16.8 Å². The van der Waals surface area contributed by atoms with Gasteiger partial charge in [-0.15, -0.1) is 0 Å². The molecule has 2 rings (SSSR count). The Morgan fingerprint density at radius 3 is 1.55 bits per heavy atom. The maximum atomic E-state index is 10.8. The summed E-state index contributed by atoms with van der Waals surface area (Å²) in [5.74, 6) is 0. The average molecular weight is 344 g/mol. The summed E-state index contributed by atoms with van der Waals surface area (Å²) in [5.41, 5.74) is 11.4. The van der Waals surface area contributed by atoms with E-state index >= 15 is 0 Å². The monoisotopic (exact) mass is 344 g/mol. The molecule has 0 unspecified atom stereocenters. The number of nitrogen functional groups attached to an aromatic ring is 2. The highest BCUT2D eigenvalue weighted by atomic mass is 32.2. The van der Waals surface area contributed by atoms with Gasteiger partial charge in [-0.25, -0.2) is 27.1 Å². The molecule has 22 heavy (non-hydrogen) atoms. The van der Waals surface area contributed by atoms with Crippen LogP contribution in [0.2, 0.25) is 0 Å². The van der Waals surface area contributed by atoms with Crippen LogP contribution in [0.5, 0.6) is 0 Å². The van der Waals surface area contributed by atoms with Crippen LogP contribution in [0.15, 0.2) is 58.3 Å². The normalized spacial score (nSPS) is 11.4. The fourth-order valence-corrected chi connectivity index (χ4v) is 2.58. The zero-order valence-corrected chi connectivity index (χ0v) is 13.0. The van der Waals surface area contributed by atoms with Crippen LogP contribution in [-0.4, -0.2) is 16.8 Å². The van der Waals surface area contributed by atoms with Crippen LogP contribution in [0.1, 0.15) is 0 Å². The molecule has 0 atom stereocenters. The molecule has 0 aliphatic rings. The molecule has 2 aromatic carbocycles. The highest BCUT2D eigenvalue weighted by molar-refractivity contribution is 7.89. The first-order valence-electron chi connectivity index (χ1n) is 5.77. The minimum absolute atomic E-state index is 0.0278. The summed E-state index contributed by atoms with van der Waals surface area (Å²) in [7, 11) is -7.23. The summed E-state index contributed by atoms with van der Waals surface area (Å²) < 4.78 is 42.9. The van der Waals surface area contributed by atoms with Crippen molar-refractivity contribution in [3.63, 3.8) is 0 Å². The SMILES string of the molecule is Nc1ccc(S(N)(=O)=O)cc1.Nc1ccccc1S(N)(=O)=O. The van der Waals surface area contributed by atoms with E-state index in [1.165, 1.54) is 36.4 Å². The Balaban J connectivity index is 0.000000220. The Morgan fingerprint density at radius 1 is 0.682 bits per heavy atom. The molecule has 120 valence electrons. The fraction of sp³-hybridized carbons (Fsp3) is 0. The van der Waals surface area contributed by atoms with Gasteiger partial charge in [-0.2, -0.15) is 0 Å².